The molecule has 2 N–H and O–H groups in total. The van der Waals surface area contributed by atoms with Crippen LogP contribution in [0, 0.1) is 10.1 Å². The van der Waals surface area contributed by atoms with Crippen LogP contribution in [0.5, 0.6) is 5.75 Å². The quantitative estimate of drug-likeness (QED) is 0.661. The molecule has 0 saturated carbocycles. The number of aromatic nitrogens is 1. The van der Waals surface area contributed by atoms with Gasteiger partial charge in [0, 0.05) is 12.3 Å². The van der Waals surface area contributed by atoms with Crippen LogP contribution in [0.25, 0.3) is 0 Å². The van der Waals surface area contributed by atoms with Gasteiger partial charge in [0.1, 0.15) is 17.1 Å². The number of phenols is 1. The molecule has 20 heavy (non-hydrogen) atoms. The van der Waals surface area contributed by atoms with Crippen LogP contribution in [-0.4, -0.2) is 20.9 Å². The molecular weight excluding hydrogens is 330 g/mol. The third kappa shape index (κ3) is 2.91. The van der Waals surface area contributed by atoms with Gasteiger partial charge in [-0.2, -0.15) is 0 Å². The van der Waals surface area contributed by atoms with E-state index in [1.807, 2.05) is 0 Å². The molecule has 0 aliphatic carbocycles. The number of carbonyl (C=O) groups excluding carboxylic acids is 1. The van der Waals surface area contributed by atoms with Gasteiger partial charge in [-0.1, -0.05) is 0 Å². The van der Waals surface area contributed by atoms with E-state index in [9.17, 15) is 20.0 Å². The second-order valence-electron chi connectivity index (χ2n) is 3.75. The Morgan fingerprint density at radius 3 is 2.80 bits per heavy atom. The van der Waals surface area contributed by atoms with Crippen molar-refractivity contribution in [1.29, 1.82) is 0 Å². The average Bonchev–Trinajstić information content (AvgIpc) is 2.40. The van der Waals surface area contributed by atoms with E-state index in [4.69, 9.17) is 0 Å². The number of benzene rings is 1. The lowest BCUT2D eigenvalue weighted by Gasteiger charge is -2.06. The van der Waals surface area contributed by atoms with Crippen LogP contribution in [0.2, 0.25) is 0 Å². The van der Waals surface area contributed by atoms with Crippen molar-refractivity contribution in [2.24, 2.45) is 0 Å². The highest BCUT2D eigenvalue weighted by Gasteiger charge is 2.21. The molecule has 0 atom stereocenters. The number of nitro groups is 1. The number of pyridine rings is 1. The second-order valence-corrected chi connectivity index (χ2v) is 4.60. The molecule has 2 rings (SSSR count). The highest BCUT2D eigenvalue weighted by molar-refractivity contribution is 9.10. The molecule has 7 nitrogen and oxygen atoms in total. The number of nitrogens with one attached hydrogen (secondary N) is 1. The molecule has 1 aromatic heterocycles. The number of anilines is 1. The number of hydrogen-bond donors (Lipinski definition) is 2. The van der Waals surface area contributed by atoms with Crippen LogP contribution < -0.4 is 5.32 Å². The summed E-state index contributed by atoms with van der Waals surface area (Å²) in [6.07, 6.45) is 1.47. The number of amides is 1. The van der Waals surface area contributed by atoms with Crippen molar-refractivity contribution in [1.82, 2.24) is 4.98 Å². The van der Waals surface area contributed by atoms with Gasteiger partial charge in [0.25, 0.3) is 11.6 Å². The molecule has 0 aliphatic rings. The van der Waals surface area contributed by atoms with E-state index < -0.39 is 16.5 Å². The standard InChI is InChI=1S/C12H8BrN3O4/c13-9-2-1-5-14-11(9)15-12(18)8-6-7(17)3-4-10(8)16(19)20/h1-6,17H,(H,14,15,18). The Hall–Kier alpha value is -2.48. The van der Waals surface area contributed by atoms with E-state index in [2.05, 4.69) is 26.2 Å². The third-order valence-electron chi connectivity index (χ3n) is 2.41. The maximum Gasteiger partial charge on any atom is 0.282 e. The van der Waals surface area contributed by atoms with Crippen LogP contribution >= 0.6 is 15.9 Å². The fourth-order valence-electron chi connectivity index (χ4n) is 1.52. The number of rotatable bonds is 3. The summed E-state index contributed by atoms with van der Waals surface area (Å²) in [7, 11) is 0. The van der Waals surface area contributed by atoms with Crippen molar-refractivity contribution in [2.45, 2.75) is 0 Å². The first-order chi connectivity index (χ1) is 9.49. The van der Waals surface area contributed by atoms with Gasteiger partial charge in [0.15, 0.2) is 0 Å². The predicted octanol–water partition coefficient (Wildman–Crippen LogP) is 2.71. The molecule has 0 aliphatic heterocycles. The minimum absolute atomic E-state index is 0.232. The van der Waals surface area contributed by atoms with Crippen molar-refractivity contribution < 1.29 is 14.8 Å². The molecule has 0 spiro atoms. The SMILES string of the molecule is O=C(Nc1ncccc1Br)c1cc(O)ccc1[N+](=O)[O-]. The topological polar surface area (TPSA) is 105 Å². The number of aromatic hydroxyl groups is 1. The van der Waals surface area contributed by atoms with Gasteiger partial charge in [-0.05, 0) is 40.2 Å². The van der Waals surface area contributed by atoms with Crippen LogP contribution in [0.15, 0.2) is 41.0 Å². The summed E-state index contributed by atoms with van der Waals surface area (Å²) in [6.45, 7) is 0. The van der Waals surface area contributed by atoms with E-state index >= 15 is 0 Å². The molecule has 1 heterocycles. The van der Waals surface area contributed by atoms with E-state index in [1.165, 1.54) is 6.20 Å². The van der Waals surface area contributed by atoms with Crippen molar-refractivity contribution in [3.05, 3.63) is 56.7 Å². The highest BCUT2D eigenvalue weighted by atomic mass is 79.9. The maximum absolute atomic E-state index is 12.1. The van der Waals surface area contributed by atoms with Gasteiger partial charge in [0.05, 0.1) is 9.40 Å². The molecule has 0 bridgehead atoms. The van der Waals surface area contributed by atoms with E-state index in [0.29, 0.717) is 4.47 Å². The van der Waals surface area contributed by atoms with Crippen LogP contribution in [0.4, 0.5) is 11.5 Å². The minimum atomic E-state index is -0.730. The minimum Gasteiger partial charge on any atom is -0.508 e. The Bertz CT molecular complexity index is 690. The Morgan fingerprint density at radius 1 is 1.40 bits per heavy atom. The summed E-state index contributed by atoms with van der Waals surface area (Å²) < 4.78 is 0.538. The van der Waals surface area contributed by atoms with E-state index in [-0.39, 0.29) is 17.1 Å². The van der Waals surface area contributed by atoms with Gasteiger partial charge in [-0.15, -0.1) is 0 Å². The average molecular weight is 338 g/mol. The number of nitrogens with zero attached hydrogens (tertiary/aromatic N) is 2. The molecule has 1 aromatic carbocycles. The van der Waals surface area contributed by atoms with Crippen LogP contribution in [0.3, 0.4) is 0 Å². The highest BCUT2D eigenvalue weighted by Crippen LogP contribution is 2.25. The van der Waals surface area contributed by atoms with Gasteiger partial charge in [-0.25, -0.2) is 4.98 Å². The fourth-order valence-corrected chi connectivity index (χ4v) is 1.87. The summed E-state index contributed by atoms with van der Waals surface area (Å²) in [5, 5.41) is 22.7. The largest absolute Gasteiger partial charge is 0.508 e. The van der Waals surface area contributed by atoms with Gasteiger partial charge in [-0.3, -0.25) is 14.9 Å². The van der Waals surface area contributed by atoms with Crippen molar-refractivity contribution in [2.75, 3.05) is 5.32 Å². The van der Waals surface area contributed by atoms with Crippen molar-refractivity contribution in [3.63, 3.8) is 0 Å². The zero-order valence-electron chi connectivity index (χ0n) is 9.91. The zero-order chi connectivity index (χ0) is 14.7. The Morgan fingerprint density at radius 2 is 2.15 bits per heavy atom. The fraction of sp³-hybridized carbons (Fsp3) is 0. The van der Waals surface area contributed by atoms with E-state index in [0.717, 1.165) is 18.2 Å². The predicted molar refractivity (Wildman–Crippen MR) is 74.7 cm³/mol. The lowest BCUT2D eigenvalue weighted by molar-refractivity contribution is -0.385. The number of carbonyl (C=O) groups is 1. The monoisotopic (exact) mass is 337 g/mol. The lowest BCUT2D eigenvalue weighted by Crippen LogP contribution is -2.15. The maximum atomic E-state index is 12.1. The summed E-state index contributed by atoms with van der Waals surface area (Å²) in [5.41, 5.74) is -0.639. The first-order valence-electron chi connectivity index (χ1n) is 5.38. The molecule has 8 heteroatoms. The second kappa shape index (κ2) is 5.66. The van der Waals surface area contributed by atoms with Crippen LogP contribution in [0.1, 0.15) is 10.4 Å². The Kier molecular flexibility index (Phi) is 3.94. The van der Waals surface area contributed by atoms with E-state index in [1.54, 1.807) is 12.1 Å². The molecule has 0 unspecified atom stereocenters. The molecule has 2 aromatic rings. The lowest BCUT2D eigenvalue weighted by atomic mass is 10.1. The smallest absolute Gasteiger partial charge is 0.282 e. The van der Waals surface area contributed by atoms with Crippen molar-refractivity contribution in [3.8, 4) is 5.75 Å². The Labute approximate surface area is 121 Å². The van der Waals surface area contributed by atoms with Gasteiger partial charge in [0.2, 0.25) is 0 Å². The zero-order valence-corrected chi connectivity index (χ0v) is 11.5. The summed E-state index contributed by atoms with van der Waals surface area (Å²) in [4.78, 5) is 26.2. The number of nitro benzene ring substituents is 1. The van der Waals surface area contributed by atoms with Gasteiger partial charge < -0.3 is 10.4 Å². The number of halogens is 1. The third-order valence-corrected chi connectivity index (χ3v) is 3.05. The molecular formula is C12H8BrN3O4. The summed E-state index contributed by atoms with van der Waals surface area (Å²) in [5.74, 6) is -0.733. The summed E-state index contributed by atoms with van der Waals surface area (Å²) in [6, 6.07) is 6.57. The normalized spacial score (nSPS) is 10.1. The van der Waals surface area contributed by atoms with Crippen LogP contribution in [-0.2, 0) is 0 Å². The van der Waals surface area contributed by atoms with Crippen molar-refractivity contribution >= 4 is 33.3 Å². The number of hydrogen-bond acceptors (Lipinski definition) is 5. The summed E-state index contributed by atoms with van der Waals surface area (Å²) >= 11 is 3.20. The molecule has 102 valence electrons. The number of phenolic OH excluding ortho intramolecular Hbond substituents is 1. The molecule has 0 saturated heterocycles. The first kappa shape index (κ1) is 13.9. The molecule has 0 radical (unpaired) electrons. The Balaban J connectivity index is 2.37. The molecule has 0 fully saturated rings. The van der Waals surface area contributed by atoms with Gasteiger partial charge >= 0.3 is 0 Å². The molecule has 1 amide bonds. The first-order valence-corrected chi connectivity index (χ1v) is 6.17.